The quantitative estimate of drug-likeness (QED) is 0.769. The van der Waals surface area contributed by atoms with Gasteiger partial charge in [-0.05, 0) is 31.2 Å². The molecular formula is C13H16FNO2. The summed E-state index contributed by atoms with van der Waals surface area (Å²) >= 11 is 0. The Bertz CT molecular complexity index is 387. The molecule has 3 nitrogen and oxygen atoms in total. The number of likely N-dealkylation sites (N-methyl/N-ethyl adjacent to an activating group) is 1. The van der Waals surface area contributed by atoms with Crippen molar-refractivity contribution in [3.8, 4) is 0 Å². The molecule has 92 valence electrons. The van der Waals surface area contributed by atoms with E-state index in [4.69, 9.17) is 5.11 Å². The Morgan fingerprint density at radius 3 is 2.65 bits per heavy atom. The van der Waals surface area contributed by atoms with E-state index in [1.54, 1.807) is 18.2 Å². The topological polar surface area (TPSA) is 40.5 Å². The standard InChI is InChI=1S/C13H16FNO2/c1-15(9-2-3-13(16)17)10-8-11-4-6-12(14)7-5-11/h2-7H,8-10H2,1H3,(H,16,17)/b3-2+. The van der Waals surface area contributed by atoms with Crippen LogP contribution in [-0.2, 0) is 11.2 Å². The maximum Gasteiger partial charge on any atom is 0.328 e. The average Bonchev–Trinajstić information content (AvgIpc) is 2.28. The number of hydrogen-bond donors (Lipinski definition) is 1. The van der Waals surface area contributed by atoms with Gasteiger partial charge in [0.25, 0.3) is 0 Å². The van der Waals surface area contributed by atoms with Crippen LogP contribution < -0.4 is 0 Å². The Morgan fingerprint density at radius 2 is 2.06 bits per heavy atom. The molecule has 0 bridgehead atoms. The minimum absolute atomic E-state index is 0.230. The van der Waals surface area contributed by atoms with Crippen molar-refractivity contribution in [2.24, 2.45) is 0 Å². The van der Waals surface area contributed by atoms with Gasteiger partial charge in [-0.25, -0.2) is 9.18 Å². The predicted molar refractivity (Wildman–Crippen MR) is 64.4 cm³/mol. The predicted octanol–water partition coefficient (Wildman–Crippen LogP) is 1.94. The molecule has 0 aliphatic carbocycles. The second kappa shape index (κ2) is 6.81. The second-order valence-electron chi connectivity index (χ2n) is 3.88. The SMILES string of the molecule is CN(C/C=C/C(=O)O)CCc1ccc(F)cc1. The molecule has 0 saturated carbocycles. The summed E-state index contributed by atoms with van der Waals surface area (Å²) in [6, 6.07) is 6.41. The van der Waals surface area contributed by atoms with Gasteiger partial charge in [-0.15, -0.1) is 0 Å². The lowest BCUT2D eigenvalue weighted by atomic mass is 10.1. The van der Waals surface area contributed by atoms with Crippen LogP contribution in [0.25, 0.3) is 0 Å². The molecule has 0 aromatic heterocycles. The normalized spacial score (nSPS) is 11.2. The Balaban J connectivity index is 2.30. The fourth-order valence-corrected chi connectivity index (χ4v) is 1.40. The van der Waals surface area contributed by atoms with Crippen LogP contribution in [0.1, 0.15) is 5.56 Å². The molecule has 4 heteroatoms. The molecule has 0 heterocycles. The minimum Gasteiger partial charge on any atom is -0.478 e. The number of benzene rings is 1. The van der Waals surface area contributed by atoms with Crippen LogP contribution in [0.4, 0.5) is 4.39 Å². The summed E-state index contributed by atoms with van der Waals surface area (Å²) in [5, 5.41) is 8.42. The van der Waals surface area contributed by atoms with E-state index in [1.807, 2.05) is 11.9 Å². The first-order valence-electron chi connectivity index (χ1n) is 5.40. The van der Waals surface area contributed by atoms with Crippen molar-refractivity contribution in [3.63, 3.8) is 0 Å². The number of aliphatic carboxylic acids is 1. The van der Waals surface area contributed by atoms with Gasteiger partial charge in [0.15, 0.2) is 0 Å². The molecule has 0 saturated heterocycles. The van der Waals surface area contributed by atoms with E-state index in [1.165, 1.54) is 12.1 Å². The van der Waals surface area contributed by atoms with Gasteiger partial charge in [0, 0.05) is 19.2 Å². The van der Waals surface area contributed by atoms with Gasteiger partial charge in [-0.3, -0.25) is 0 Å². The number of nitrogens with zero attached hydrogens (tertiary/aromatic N) is 1. The highest BCUT2D eigenvalue weighted by Crippen LogP contribution is 2.04. The zero-order valence-electron chi connectivity index (χ0n) is 9.77. The van der Waals surface area contributed by atoms with Crippen molar-refractivity contribution < 1.29 is 14.3 Å². The van der Waals surface area contributed by atoms with Crippen LogP contribution in [-0.4, -0.2) is 36.1 Å². The van der Waals surface area contributed by atoms with E-state index in [0.717, 1.165) is 24.6 Å². The lowest BCUT2D eigenvalue weighted by Gasteiger charge is -2.13. The van der Waals surface area contributed by atoms with Crippen molar-refractivity contribution in [3.05, 3.63) is 47.8 Å². The molecular weight excluding hydrogens is 221 g/mol. The first-order valence-corrected chi connectivity index (χ1v) is 5.40. The molecule has 1 rings (SSSR count). The lowest BCUT2D eigenvalue weighted by Crippen LogP contribution is -2.21. The van der Waals surface area contributed by atoms with Crippen LogP contribution in [0.15, 0.2) is 36.4 Å². The van der Waals surface area contributed by atoms with Crippen molar-refractivity contribution in [1.29, 1.82) is 0 Å². The summed E-state index contributed by atoms with van der Waals surface area (Å²) in [6.07, 6.45) is 3.55. The van der Waals surface area contributed by atoms with Crippen LogP contribution in [0.2, 0.25) is 0 Å². The summed E-state index contributed by atoms with van der Waals surface area (Å²) in [6.45, 7) is 1.39. The number of carbonyl (C=O) groups is 1. The highest BCUT2D eigenvalue weighted by molar-refractivity contribution is 5.79. The van der Waals surface area contributed by atoms with Gasteiger partial charge in [-0.1, -0.05) is 18.2 Å². The third-order valence-electron chi connectivity index (χ3n) is 2.37. The Hall–Kier alpha value is -1.68. The van der Waals surface area contributed by atoms with Crippen LogP contribution in [0.5, 0.6) is 0 Å². The van der Waals surface area contributed by atoms with E-state index in [2.05, 4.69) is 0 Å². The van der Waals surface area contributed by atoms with E-state index in [9.17, 15) is 9.18 Å². The summed E-state index contributed by atoms with van der Waals surface area (Å²) in [7, 11) is 1.91. The maximum absolute atomic E-state index is 12.7. The smallest absolute Gasteiger partial charge is 0.328 e. The summed E-state index contributed by atoms with van der Waals surface area (Å²) in [5.74, 6) is -1.16. The summed E-state index contributed by atoms with van der Waals surface area (Å²) < 4.78 is 12.7. The van der Waals surface area contributed by atoms with Gasteiger partial charge >= 0.3 is 5.97 Å². The molecule has 0 radical (unpaired) electrons. The molecule has 0 atom stereocenters. The van der Waals surface area contributed by atoms with E-state index < -0.39 is 5.97 Å². The first-order chi connectivity index (χ1) is 8.08. The zero-order valence-corrected chi connectivity index (χ0v) is 9.77. The van der Waals surface area contributed by atoms with Gasteiger partial charge in [0.05, 0.1) is 0 Å². The Kier molecular flexibility index (Phi) is 5.36. The number of hydrogen-bond acceptors (Lipinski definition) is 2. The van der Waals surface area contributed by atoms with E-state index in [0.29, 0.717) is 6.54 Å². The van der Waals surface area contributed by atoms with Crippen LogP contribution in [0, 0.1) is 5.82 Å². The second-order valence-corrected chi connectivity index (χ2v) is 3.88. The summed E-state index contributed by atoms with van der Waals surface area (Å²) in [5.41, 5.74) is 1.07. The average molecular weight is 237 g/mol. The van der Waals surface area contributed by atoms with Crippen molar-refractivity contribution in [2.45, 2.75) is 6.42 Å². The fraction of sp³-hybridized carbons (Fsp3) is 0.308. The van der Waals surface area contributed by atoms with Crippen molar-refractivity contribution >= 4 is 5.97 Å². The van der Waals surface area contributed by atoms with E-state index >= 15 is 0 Å². The van der Waals surface area contributed by atoms with Gasteiger partial charge < -0.3 is 10.0 Å². The molecule has 17 heavy (non-hydrogen) atoms. The monoisotopic (exact) mass is 237 g/mol. The largest absolute Gasteiger partial charge is 0.478 e. The van der Waals surface area contributed by atoms with E-state index in [-0.39, 0.29) is 5.82 Å². The van der Waals surface area contributed by atoms with Crippen LogP contribution >= 0.6 is 0 Å². The molecule has 0 aliphatic heterocycles. The number of carboxylic acids is 1. The molecule has 0 amide bonds. The molecule has 0 unspecified atom stereocenters. The molecule has 0 aliphatic rings. The van der Waals surface area contributed by atoms with Gasteiger partial charge in [0.1, 0.15) is 5.82 Å². The maximum atomic E-state index is 12.7. The molecule has 0 spiro atoms. The molecule has 1 aromatic rings. The third-order valence-corrected chi connectivity index (χ3v) is 2.37. The fourth-order valence-electron chi connectivity index (χ4n) is 1.40. The molecule has 1 aromatic carbocycles. The lowest BCUT2D eigenvalue weighted by molar-refractivity contribution is -0.131. The highest BCUT2D eigenvalue weighted by Gasteiger charge is 1.98. The highest BCUT2D eigenvalue weighted by atomic mass is 19.1. The summed E-state index contributed by atoms with van der Waals surface area (Å²) in [4.78, 5) is 12.3. The van der Waals surface area contributed by atoms with Gasteiger partial charge in [0.2, 0.25) is 0 Å². The first kappa shape index (κ1) is 13.4. The number of rotatable bonds is 6. The van der Waals surface area contributed by atoms with Crippen LogP contribution in [0.3, 0.4) is 0 Å². The zero-order chi connectivity index (χ0) is 12.7. The third kappa shape index (κ3) is 5.82. The Morgan fingerprint density at radius 1 is 1.41 bits per heavy atom. The molecule has 1 N–H and O–H groups in total. The number of carboxylic acid groups (broad SMARTS) is 1. The van der Waals surface area contributed by atoms with Crippen molar-refractivity contribution in [2.75, 3.05) is 20.1 Å². The Labute approximate surface area is 100 Å². The minimum atomic E-state index is -0.933. The van der Waals surface area contributed by atoms with Crippen molar-refractivity contribution in [1.82, 2.24) is 4.90 Å². The number of halogens is 1. The molecule has 0 fully saturated rings. The van der Waals surface area contributed by atoms with Gasteiger partial charge in [-0.2, -0.15) is 0 Å².